The average molecular weight is 529 g/mol. The number of benzene rings is 3. The zero-order valence-corrected chi connectivity index (χ0v) is 22.7. The van der Waals surface area contributed by atoms with Gasteiger partial charge in [-0.3, -0.25) is 14.5 Å². The minimum Gasteiger partial charge on any atom is -0.326 e. The van der Waals surface area contributed by atoms with E-state index in [1.807, 2.05) is 53.4 Å². The van der Waals surface area contributed by atoms with E-state index in [0.29, 0.717) is 18.5 Å². The Hall–Kier alpha value is -3.13. The van der Waals surface area contributed by atoms with Gasteiger partial charge >= 0.3 is 0 Å². The minimum absolute atomic E-state index is 0.00322. The van der Waals surface area contributed by atoms with E-state index in [2.05, 4.69) is 45.4 Å². The van der Waals surface area contributed by atoms with Gasteiger partial charge in [0.1, 0.15) is 0 Å². The Bertz CT molecular complexity index is 1210. The van der Waals surface area contributed by atoms with Crippen molar-refractivity contribution in [2.45, 2.75) is 30.7 Å². The van der Waals surface area contributed by atoms with E-state index in [1.54, 1.807) is 11.8 Å². The second kappa shape index (κ2) is 13.1. The molecule has 1 fully saturated rings. The van der Waals surface area contributed by atoms with Gasteiger partial charge in [-0.15, -0.1) is 11.8 Å². The van der Waals surface area contributed by atoms with Crippen LogP contribution in [0.25, 0.3) is 0 Å². The number of nitrogens with one attached hydrogen (secondary N) is 1. The molecule has 0 unspecified atom stereocenters. The SMILES string of the molecule is O=C(CCCCN1CCN(Cc2ccccc2)CC1)Nc1ccc2c(c1)N(C(=O)c1ccccc1)CCS2. The molecule has 3 aromatic rings. The molecule has 2 amide bonds. The van der Waals surface area contributed by atoms with Crippen molar-refractivity contribution in [3.8, 4) is 0 Å². The summed E-state index contributed by atoms with van der Waals surface area (Å²) >= 11 is 1.75. The summed E-state index contributed by atoms with van der Waals surface area (Å²) in [6.07, 6.45) is 2.40. The van der Waals surface area contributed by atoms with Gasteiger partial charge in [0.25, 0.3) is 5.91 Å². The zero-order valence-electron chi connectivity index (χ0n) is 21.9. The van der Waals surface area contributed by atoms with Crippen LogP contribution in [0.2, 0.25) is 0 Å². The summed E-state index contributed by atoms with van der Waals surface area (Å²) < 4.78 is 0. The number of hydrogen-bond donors (Lipinski definition) is 1. The van der Waals surface area contributed by atoms with Crippen molar-refractivity contribution in [2.75, 3.05) is 55.2 Å². The first kappa shape index (κ1) is 26.5. The summed E-state index contributed by atoms with van der Waals surface area (Å²) in [6, 6.07) is 25.9. The Kier molecular flexibility index (Phi) is 9.12. The lowest BCUT2D eigenvalue weighted by molar-refractivity contribution is -0.116. The van der Waals surface area contributed by atoms with Crippen LogP contribution in [0.4, 0.5) is 11.4 Å². The van der Waals surface area contributed by atoms with Crippen LogP contribution < -0.4 is 10.2 Å². The predicted molar refractivity (Wildman–Crippen MR) is 156 cm³/mol. The maximum Gasteiger partial charge on any atom is 0.258 e. The van der Waals surface area contributed by atoms with Gasteiger partial charge < -0.3 is 15.1 Å². The molecule has 0 saturated carbocycles. The number of fused-ring (bicyclic) bond motifs is 1. The largest absolute Gasteiger partial charge is 0.326 e. The van der Waals surface area contributed by atoms with Crippen LogP contribution in [-0.4, -0.2) is 66.6 Å². The molecule has 198 valence electrons. The Morgan fingerprint density at radius 3 is 2.26 bits per heavy atom. The number of carbonyl (C=O) groups excluding carboxylic acids is 2. The molecule has 38 heavy (non-hydrogen) atoms. The molecule has 0 radical (unpaired) electrons. The van der Waals surface area contributed by atoms with Gasteiger partial charge in [0.2, 0.25) is 5.91 Å². The molecule has 0 spiro atoms. The van der Waals surface area contributed by atoms with Crippen LogP contribution in [0, 0.1) is 0 Å². The highest BCUT2D eigenvalue weighted by molar-refractivity contribution is 7.99. The second-order valence-electron chi connectivity index (χ2n) is 9.96. The molecule has 6 nitrogen and oxygen atoms in total. The van der Waals surface area contributed by atoms with Crippen molar-refractivity contribution in [3.63, 3.8) is 0 Å². The third-order valence-electron chi connectivity index (χ3n) is 7.21. The number of thioether (sulfide) groups is 1. The number of piperazine rings is 1. The van der Waals surface area contributed by atoms with E-state index in [9.17, 15) is 9.59 Å². The standard InChI is InChI=1S/C31H36N4O2S/c36-30(13-7-8-16-33-17-19-34(20-18-33)24-25-9-3-1-4-10-25)32-27-14-15-29-28(23-27)35(21-22-38-29)31(37)26-11-5-2-6-12-26/h1-6,9-12,14-15,23H,7-8,13,16-22,24H2,(H,32,36). The molecule has 1 saturated heterocycles. The number of carbonyl (C=O) groups is 2. The van der Waals surface area contributed by atoms with Crippen LogP contribution in [0.1, 0.15) is 35.2 Å². The first-order valence-electron chi connectivity index (χ1n) is 13.6. The first-order valence-corrected chi connectivity index (χ1v) is 14.6. The Morgan fingerprint density at radius 2 is 1.50 bits per heavy atom. The van der Waals surface area contributed by atoms with E-state index in [4.69, 9.17) is 0 Å². The van der Waals surface area contributed by atoms with Crippen molar-refractivity contribution in [1.29, 1.82) is 0 Å². The number of anilines is 2. The molecular weight excluding hydrogens is 492 g/mol. The molecule has 1 N–H and O–H groups in total. The fourth-order valence-electron chi connectivity index (χ4n) is 5.10. The molecule has 0 atom stereocenters. The summed E-state index contributed by atoms with van der Waals surface area (Å²) in [5, 5.41) is 3.05. The van der Waals surface area contributed by atoms with E-state index in [0.717, 1.165) is 74.1 Å². The number of hydrogen-bond acceptors (Lipinski definition) is 5. The maximum atomic E-state index is 13.1. The smallest absolute Gasteiger partial charge is 0.258 e. The summed E-state index contributed by atoms with van der Waals surface area (Å²) in [5.74, 6) is 0.887. The van der Waals surface area contributed by atoms with Crippen molar-refractivity contribution in [1.82, 2.24) is 9.80 Å². The maximum absolute atomic E-state index is 13.1. The predicted octanol–water partition coefficient (Wildman–Crippen LogP) is 5.37. The van der Waals surface area contributed by atoms with Crippen LogP contribution in [0.3, 0.4) is 0 Å². The lowest BCUT2D eigenvalue weighted by Crippen LogP contribution is -2.46. The molecule has 2 aliphatic heterocycles. The van der Waals surface area contributed by atoms with Gasteiger partial charge in [-0.1, -0.05) is 48.5 Å². The molecule has 0 bridgehead atoms. The normalized spacial score (nSPS) is 16.2. The van der Waals surface area contributed by atoms with E-state index in [1.165, 1.54) is 5.56 Å². The second-order valence-corrected chi connectivity index (χ2v) is 11.1. The topological polar surface area (TPSA) is 55.9 Å². The summed E-state index contributed by atoms with van der Waals surface area (Å²) in [6.45, 7) is 7.08. The van der Waals surface area contributed by atoms with Crippen molar-refractivity contribution in [2.24, 2.45) is 0 Å². The van der Waals surface area contributed by atoms with Crippen molar-refractivity contribution >= 4 is 35.0 Å². The molecule has 3 aromatic carbocycles. The monoisotopic (exact) mass is 528 g/mol. The highest BCUT2D eigenvalue weighted by Crippen LogP contribution is 2.37. The molecule has 0 aliphatic carbocycles. The highest BCUT2D eigenvalue weighted by Gasteiger charge is 2.24. The number of amides is 2. The van der Waals surface area contributed by atoms with Gasteiger partial charge in [-0.25, -0.2) is 0 Å². The van der Waals surface area contributed by atoms with Crippen LogP contribution in [0.15, 0.2) is 83.8 Å². The molecule has 5 rings (SSSR count). The molecule has 0 aromatic heterocycles. The summed E-state index contributed by atoms with van der Waals surface area (Å²) in [4.78, 5) is 33.7. The Labute approximate surface area is 230 Å². The molecule has 7 heteroatoms. The Balaban J connectivity index is 1.05. The highest BCUT2D eigenvalue weighted by atomic mass is 32.2. The van der Waals surface area contributed by atoms with Crippen LogP contribution >= 0.6 is 11.8 Å². The van der Waals surface area contributed by atoms with Gasteiger partial charge in [-0.2, -0.15) is 0 Å². The van der Waals surface area contributed by atoms with Crippen molar-refractivity contribution in [3.05, 3.63) is 90.0 Å². The van der Waals surface area contributed by atoms with Gasteiger partial charge in [0.05, 0.1) is 5.69 Å². The quantitative estimate of drug-likeness (QED) is 0.379. The number of nitrogens with zero attached hydrogens (tertiary/aromatic N) is 3. The van der Waals surface area contributed by atoms with Crippen LogP contribution in [0.5, 0.6) is 0 Å². The minimum atomic E-state index is -0.00322. The molecule has 2 heterocycles. The Morgan fingerprint density at radius 1 is 0.789 bits per heavy atom. The number of unbranched alkanes of at least 4 members (excludes halogenated alkanes) is 1. The third kappa shape index (κ3) is 7.04. The lowest BCUT2D eigenvalue weighted by Gasteiger charge is -2.34. The molecular formula is C31H36N4O2S. The number of rotatable bonds is 9. The fourth-order valence-corrected chi connectivity index (χ4v) is 6.08. The lowest BCUT2D eigenvalue weighted by atomic mass is 10.1. The van der Waals surface area contributed by atoms with Gasteiger partial charge in [0, 0.05) is 67.6 Å². The zero-order chi connectivity index (χ0) is 26.2. The summed E-state index contributed by atoms with van der Waals surface area (Å²) in [7, 11) is 0. The third-order valence-corrected chi connectivity index (χ3v) is 8.26. The molecule has 2 aliphatic rings. The van der Waals surface area contributed by atoms with E-state index >= 15 is 0 Å². The van der Waals surface area contributed by atoms with Crippen molar-refractivity contribution < 1.29 is 9.59 Å². The summed E-state index contributed by atoms with van der Waals surface area (Å²) in [5.41, 5.74) is 3.67. The van der Waals surface area contributed by atoms with E-state index < -0.39 is 0 Å². The van der Waals surface area contributed by atoms with Gasteiger partial charge in [0.15, 0.2) is 0 Å². The fraction of sp³-hybridized carbons (Fsp3) is 0.355. The van der Waals surface area contributed by atoms with Crippen LogP contribution in [-0.2, 0) is 11.3 Å². The van der Waals surface area contributed by atoms with E-state index in [-0.39, 0.29) is 11.8 Å². The van der Waals surface area contributed by atoms with Gasteiger partial charge in [-0.05, 0) is 55.3 Å². The average Bonchev–Trinajstić information content (AvgIpc) is 2.96. The first-order chi connectivity index (χ1) is 18.7.